The summed E-state index contributed by atoms with van der Waals surface area (Å²) in [6, 6.07) is 72.7. The Balaban J connectivity index is 1.08. The second-order valence-electron chi connectivity index (χ2n) is 16.8. The van der Waals surface area contributed by atoms with Crippen LogP contribution in [0.4, 0.5) is 17.1 Å². The van der Waals surface area contributed by atoms with Crippen LogP contribution in [0.25, 0.3) is 60.5 Å². The van der Waals surface area contributed by atoms with Crippen LogP contribution in [0, 0.1) is 0 Å². The van der Waals surface area contributed by atoms with E-state index in [4.69, 9.17) is 0 Å². The minimum atomic E-state index is -0.424. The molecule has 0 fully saturated rings. The van der Waals surface area contributed by atoms with Gasteiger partial charge in [-0.3, -0.25) is 0 Å². The van der Waals surface area contributed by atoms with E-state index in [1.807, 2.05) is 0 Å². The van der Waals surface area contributed by atoms with Gasteiger partial charge in [0.05, 0.1) is 16.4 Å². The average molecular weight is 739 g/mol. The van der Waals surface area contributed by atoms with Crippen molar-refractivity contribution in [2.24, 2.45) is 0 Å². The molecule has 272 valence electrons. The number of anilines is 3. The van der Waals surface area contributed by atoms with E-state index in [-0.39, 0.29) is 5.41 Å². The lowest BCUT2D eigenvalue weighted by molar-refractivity contribution is 0.660. The number of rotatable bonds is 5. The standard InChI is InChI=1S/C56H38N2/c1-55(2)45-24-11-9-23-42(45)44-34-40(28-30-46(44)55)57(37-18-7-4-8-19-37)38-20-14-21-39(33-38)58-49-31-27-35-15-13-26-48-51(35)52(49)53-50(58)32-29-43-41-22-10-12-25-47(41)56(48,54(43)53)36-16-5-3-6-17-36/h3-34H,1-2H3. The molecule has 1 aromatic heterocycles. The van der Waals surface area contributed by atoms with Crippen molar-refractivity contribution in [3.8, 4) is 27.9 Å². The highest BCUT2D eigenvalue weighted by atomic mass is 15.1. The highest BCUT2D eigenvalue weighted by Crippen LogP contribution is 2.63. The summed E-state index contributed by atoms with van der Waals surface area (Å²) in [7, 11) is 0. The third-order valence-corrected chi connectivity index (χ3v) is 13.7. The molecule has 1 heterocycles. The molecular weight excluding hydrogens is 701 g/mol. The van der Waals surface area contributed by atoms with Crippen molar-refractivity contribution in [2.75, 3.05) is 4.90 Å². The zero-order chi connectivity index (χ0) is 38.3. The fraction of sp³-hybridized carbons (Fsp3) is 0.0714. The second kappa shape index (κ2) is 11.2. The number of hydrogen-bond donors (Lipinski definition) is 0. The Morgan fingerprint density at radius 3 is 1.84 bits per heavy atom. The molecule has 9 aromatic carbocycles. The molecule has 1 unspecified atom stereocenters. The summed E-state index contributed by atoms with van der Waals surface area (Å²) in [4.78, 5) is 2.42. The van der Waals surface area contributed by atoms with Crippen molar-refractivity contribution in [3.05, 3.63) is 228 Å². The van der Waals surface area contributed by atoms with E-state index in [1.54, 1.807) is 0 Å². The normalized spacial score (nSPS) is 16.3. The van der Waals surface area contributed by atoms with Crippen LogP contribution in [0.15, 0.2) is 194 Å². The molecular formula is C56H38N2. The number of hydrogen-bond acceptors (Lipinski definition) is 1. The molecule has 0 aliphatic heterocycles. The molecule has 58 heavy (non-hydrogen) atoms. The average Bonchev–Trinajstić information content (AvgIpc) is 3.86. The van der Waals surface area contributed by atoms with Crippen LogP contribution < -0.4 is 4.90 Å². The molecule has 13 rings (SSSR count). The molecule has 0 spiro atoms. The Labute approximate surface area is 337 Å². The maximum Gasteiger partial charge on any atom is 0.0726 e. The first-order valence-electron chi connectivity index (χ1n) is 20.4. The van der Waals surface area contributed by atoms with Crippen molar-refractivity contribution in [1.29, 1.82) is 0 Å². The largest absolute Gasteiger partial charge is 0.310 e. The van der Waals surface area contributed by atoms with E-state index < -0.39 is 5.41 Å². The minimum Gasteiger partial charge on any atom is -0.310 e. The summed E-state index contributed by atoms with van der Waals surface area (Å²) in [5.74, 6) is 0. The Morgan fingerprint density at radius 1 is 0.397 bits per heavy atom. The summed E-state index contributed by atoms with van der Waals surface area (Å²) in [6.07, 6.45) is 0. The fourth-order valence-electron chi connectivity index (χ4n) is 11.4. The molecule has 0 bridgehead atoms. The molecule has 1 atom stereocenters. The fourth-order valence-corrected chi connectivity index (χ4v) is 11.4. The first-order chi connectivity index (χ1) is 28.5. The van der Waals surface area contributed by atoms with Gasteiger partial charge in [-0.1, -0.05) is 153 Å². The third kappa shape index (κ3) is 3.88. The zero-order valence-electron chi connectivity index (χ0n) is 32.4. The van der Waals surface area contributed by atoms with Gasteiger partial charge in [0.15, 0.2) is 0 Å². The van der Waals surface area contributed by atoms with Gasteiger partial charge in [-0.15, -0.1) is 0 Å². The van der Waals surface area contributed by atoms with Crippen molar-refractivity contribution in [2.45, 2.75) is 24.7 Å². The van der Waals surface area contributed by atoms with E-state index in [0.717, 1.165) is 22.7 Å². The predicted molar refractivity (Wildman–Crippen MR) is 241 cm³/mol. The summed E-state index contributed by atoms with van der Waals surface area (Å²) < 4.78 is 2.53. The predicted octanol–water partition coefficient (Wildman–Crippen LogP) is 14.4. The summed E-state index contributed by atoms with van der Waals surface area (Å²) >= 11 is 0. The van der Waals surface area contributed by atoms with Crippen LogP contribution in [-0.4, -0.2) is 4.57 Å². The highest BCUT2D eigenvalue weighted by Gasteiger charge is 2.50. The van der Waals surface area contributed by atoms with Crippen molar-refractivity contribution < 1.29 is 0 Å². The topological polar surface area (TPSA) is 8.17 Å². The van der Waals surface area contributed by atoms with E-state index in [2.05, 4.69) is 217 Å². The molecule has 0 saturated heterocycles. The quantitative estimate of drug-likeness (QED) is 0.171. The lowest BCUT2D eigenvalue weighted by Crippen LogP contribution is -2.30. The summed E-state index contributed by atoms with van der Waals surface area (Å²) in [5, 5.41) is 5.36. The van der Waals surface area contributed by atoms with E-state index >= 15 is 0 Å². The molecule has 0 radical (unpaired) electrons. The maximum atomic E-state index is 2.53. The smallest absolute Gasteiger partial charge is 0.0726 e. The van der Waals surface area contributed by atoms with Gasteiger partial charge in [0.1, 0.15) is 0 Å². The first kappa shape index (κ1) is 32.0. The van der Waals surface area contributed by atoms with Gasteiger partial charge < -0.3 is 9.47 Å². The van der Waals surface area contributed by atoms with Gasteiger partial charge in [0.2, 0.25) is 0 Å². The van der Waals surface area contributed by atoms with E-state index in [1.165, 1.54) is 88.2 Å². The lowest BCUT2D eigenvalue weighted by atomic mass is 9.63. The molecule has 0 saturated carbocycles. The van der Waals surface area contributed by atoms with Crippen LogP contribution >= 0.6 is 0 Å². The first-order valence-corrected chi connectivity index (χ1v) is 20.4. The van der Waals surface area contributed by atoms with Gasteiger partial charge in [0, 0.05) is 38.9 Å². The molecule has 2 nitrogen and oxygen atoms in total. The summed E-state index contributed by atoms with van der Waals surface area (Å²) in [5.41, 5.74) is 20.1. The number of fused-ring (bicyclic) bond motifs is 7. The van der Waals surface area contributed by atoms with Gasteiger partial charge >= 0.3 is 0 Å². The molecule has 0 amide bonds. The van der Waals surface area contributed by atoms with Crippen LogP contribution in [0.3, 0.4) is 0 Å². The van der Waals surface area contributed by atoms with Crippen LogP contribution in [0.2, 0.25) is 0 Å². The summed E-state index contributed by atoms with van der Waals surface area (Å²) in [6.45, 7) is 4.70. The Bertz CT molecular complexity index is 3370. The number of para-hydroxylation sites is 1. The molecule has 10 aromatic rings. The second-order valence-corrected chi connectivity index (χ2v) is 16.8. The number of aromatic nitrogens is 1. The molecule has 2 heteroatoms. The van der Waals surface area contributed by atoms with E-state index in [9.17, 15) is 0 Å². The van der Waals surface area contributed by atoms with E-state index in [0.29, 0.717) is 0 Å². The number of nitrogens with zero attached hydrogens (tertiary/aromatic N) is 2. The van der Waals surface area contributed by atoms with Gasteiger partial charge in [-0.2, -0.15) is 0 Å². The van der Waals surface area contributed by atoms with Gasteiger partial charge in [-0.05, 0) is 121 Å². The Morgan fingerprint density at radius 2 is 1.02 bits per heavy atom. The van der Waals surface area contributed by atoms with Crippen molar-refractivity contribution >= 4 is 49.6 Å². The van der Waals surface area contributed by atoms with Crippen molar-refractivity contribution in [1.82, 2.24) is 4.57 Å². The minimum absolute atomic E-state index is 0.0497. The zero-order valence-corrected chi connectivity index (χ0v) is 32.4. The Hall–Kier alpha value is -7.16. The van der Waals surface area contributed by atoms with Gasteiger partial charge in [0.25, 0.3) is 0 Å². The van der Waals surface area contributed by atoms with Crippen molar-refractivity contribution in [3.63, 3.8) is 0 Å². The van der Waals surface area contributed by atoms with Crippen LogP contribution in [0.1, 0.15) is 47.2 Å². The third-order valence-electron chi connectivity index (χ3n) is 13.7. The lowest BCUT2D eigenvalue weighted by Gasteiger charge is -2.37. The number of benzene rings is 9. The molecule has 3 aliphatic carbocycles. The van der Waals surface area contributed by atoms with Crippen LogP contribution in [-0.2, 0) is 10.8 Å². The van der Waals surface area contributed by atoms with Gasteiger partial charge in [-0.25, -0.2) is 0 Å². The highest BCUT2D eigenvalue weighted by molar-refractivity contribution is 6.28. The molecule has 3 aliphatic rings. The maximum absolute atomic E-state index is 2.53. The Kier molecular flexibility index (Phi) is 6.20. The monoisotopic (exact) mass is 738 g/mol. The van der Waals surface area contributed by atoms with Crippen LogP contribution in [0.5, 0.6) is 0 Å². The SMILES string of the molecule is CC1(C)c2ccccc2-c2cc(N(c3ccccc3)c3cccc(-n4c5ccc6c7c5c5c8c(cccc8ccc54)C7(c4ccccc4)c4ccccc4-6)c3)ccc21. The molecule has 0 N–H and O–H groups in total.